The molecule has 0 spiro atoms. The zero-order valence-electron chi connectivity index (χ0n) is 11.9. The highest BCUT2D eigenvalue weighted by Gasteiger charge is 2.15. The molecule has 20 heavy (non-hydrogen) atoms. The molecule has 1 aromatic carbocycles. The highest BCUT2D eigenvalue weighted by molar-refractivity contribution is 9.10. The third-order valence-corrected chi connectivity index (χ3v) is 3.29. The zero-order valence-corrected chi connectivity index (χ0v) is 13.5. The summed E-state index contributed by atoms with van der Waals surface area (Å²) in [5.74, 6) is -0.566. The molecule has 4 nitrogen and oxygen atoms in total. The number of hydrogen-bond donors (Lipinski definition) is 0. The molecule has 5 heteroatoms. The number of benzene rings is 1. The molecule has 0 aliphatic heterocycles. The minimum absolute atomic E-state index is 0.0303. The van der Waals surface area contributed by atoms with Gasteiger partial charge in [-0.2, -0.15) is 0 Å². The van der Waals surface area contributed by atoms with E-state index in [1.807, 2.05) is 6.07 Å². The fourth-order valence-corrected chi connectivity index (χ4v) is 2.09. The molecule has 0 aliphatic rings. The number of amides is 1. The van der Waals surface area contributed by atoms with Crippen LogP contribution in [0.4, 0.5) is 0 Å². The van der Waals surface area contributed by atoms with Crippen molar-refractivity contribution in [1.29, 1.82) is 0 Å². The first-order chi connectivity index (χ1) is 9.54. The van der Waals surface area contributed by atoms with Crippen LogP contribution in [0.1, 0.15) is 36.5 Å². The smallest absolute Gasteiger partial charge is 0.325 e. The molecule has 1 aromatic rings. The lowest BCUT2D eigenvalue weighted by atomic mass is 10.2. The standard InChI is InChI=1S/C15H20BrNO3/c1-3-4-5-9-20-14(18)11-17(2)15(19)12-7-6-8-13(16)10-12/h6-8,10H,3-5,9,11H2,1-2H3. The number of ether oxygens (including phenoxy) is 1. The number of carbonyl (C=O) groups is 2. The Hall–Kier alpha value is -1.36. The van der Waals surface area contributed by atoms with E-state index < -0.39 is 0 Å². The molecule has 0 saturated carbocycles. The van der Waals surface area contributed by atoms with Crippen LogP contribution < -0.4 is 0 Å². The van der Waals surface area contributed by atoms with Crippen molar-refractivity contribution in [2.24, 2.45) is 0 Å². The molecule has 0 radical (unpaired) electrons. The van der Waals surface area contributed by atoms with E-state index in [-0.39, 0.29) is 18.4 Å². The van der Waals surface area contributed by atoms with Crippen LogP contribution in [0, 0.1) is 0 Å². The summed E-state index contributed by atoms with van der Waals surface area (Å²) in [5.41, 5.74) is 0.542. The minimum Gasteiger partial charge on any atom is -0.464 e. The zero-order chi connectivity index (χ0) is 15.0. The Labute approximate surface area is 128 Å². The Balaban J connectivity index is 2.43. The molecule has 0 aromatic heterocycles. The van der Waals surface area contributed by atoms with Gasteiger partial charge < -0.3 is 9.64 Å². The van der Waals surface area contributed by atoms with Gasteiger partial charge in [0, 0.05) is 17.1 Å². The van der Waals surface area contributed by atoms with E-state index in [0.717, 1.165) is 23.7 Å². The maximum absolute atomic E-state index is 12.1. The highest BCUT2D eigenvalue weighted by atomic mass is 79.9. The van der Waals surface area contributed by atoms with Crippen LogP contribution in [0.15, 0.2) is 28.7 Å². The Morgan fingerprint density at radius 2 is 2.05 bits per heavy atom. The summed E-state index contributed by atoms with van der Waals surface area (Å²) in [7, 11) is 1.59. The topological polar surface area (TPSA) is 46.6 Å². The average molecular weight is 342 g/mol. The summed E-state index contributed by atoms with van der Waals surface area (Å²) in [5, 5.41) is 0. The number of unbranched alkanes of at least 4 members (excludes halogenated alkanes) is 2. The van der Waals surface area contributed by atoms with E-state index >= 15 is 0 Å². The molecule has 0 unspecified atom stereocenters. The first kappa shape index (κ1) is 16.7. The van der Waals surface area contributed by atoms with E-state index in [9.17, 15) is 9.59 Å². The summed E-state index contributed by atoms with van der Waals surface area (Å²) in [6, 6.07) is 7.08. The molecule has 0 aliphatic carbocycles. The molecular formula is C15H20BrNO3. The molecule has 0 atom stereocenters. The van der Waals surface area contributed by atoms with Crippen molar-refractivity contribution in [3.05, 3.63) is 34.3 Å². The molecule has 1 amide bonds. The fraction of sp³-hybridized carbons (Fsp3) is 0.467. The van der Waals surface area contributed by atoms with Gasteiger partial charge in [-0.05, 0) is 24.6 Å². The van der Waals surface area contributed by atoms with Crippen LogP contribution in [0.2, 0.25) is 0 Å². The van der Waals surface area contributed by atoms with Gasteiger partial charge in [-0.25, -0.2) is 0 Å². The Bertz CT molecular complexity index is 462. The lowest BCUT2D eigenvalue weighted by Gasteiger charge is -2.16. The summed E-state index contributed by atoms with van der Waals surface area (Å²) < 4.78 is 5.91. The van der Waals surface area contributed by atoms with Crippen LogP contribution in [-0.2, 0) is 9.53 Å². The van der Waals surface area contributed by atoms with Crippen LogP contribution in [0.25, 0.3) is 0 Å². The fourth-order valence-electron chi connectivity index (χ4n) is 1.69. The second kappa shape index (κ2) is 8.74. The SMILES string of the molecule is CCCCCOC(=O)CN(C)C(=O)c1cccc(Br)c1. The predicted molar refractivity (Wildman–Crippen MR) is 81.6 cm³/mol. The lowest BCUT2D eigenvalue weighted by molar-refractivity contribution is -0.144. The molecule has 0 saturated heterocycles. The van der Waals surface area contributed by atoms with Gasteiger partial charge in [-0.15, -0.1) is 0 Å². The van der Waals surface area contributed by atoms with Gasteiger partial charge in [0.25, 0.3) is 5.91 Å². The maximum Gasteiger partial charge on any atom is 0.325 e. The second-order valence-corrected chi connectivity index (χ2v) is 5.51. The summed E-state index contributed by atoms with van der Waals surface area (Å²) in [6.45, 7) is 2.48. The number of carbonyl (C=O) groups excluding carboxylic acids is 2. The summed E-state index contributed by atoms with van der Waals surface area (Å²) in [4.78, 5) is 25.1. The van der Waals surface area contributed by atoms with E-state index in [1.54, 1.807) is 25.2 Å². The Morgan fingerprint density at radius 1 is 1.30 bits per heavy atom. The molecule has 0 bridgehead atoms. The van der Waals surface area contributed by atoms with Gasteiger partial charge in [-0.1, -0.05) is 41.8 Å². The number of likely N-dealkylation sites (N-methyl/N-ethyl adjacent to an activating group) is 1. The van der Waals surface area contributed by atoms with E-state index in [1.165, 1.54) is 4.90 Å². The van der Waals surface area contributed by atoms with Gasteiger partial charge in [0.05, 0.1) is 6.61 Å². The molecule has 110 valence electrons. The number of nitrogens with zero attached hydrogens (tertiary/aromatic N) is 1. The van der Waals surface area contributed by atoms with E-state index in [2.05, 4.69) is 22.9 Å². The van der Waals surface area contributed by atoms with Crippen LogP contribution in [-0.4, -0.2) is 37.0 Å². The monoisotopic (exact) mass is 341 g/mol. The number of halogens is 1. The first-order valence-corrected chi connectivity index (χ1v) is 7.50. The maximum atomic E-state index is 12.1. The van der Waals surface area contributed by atoms with Crippen molar-refractivity contribution in [2.75, 3.05) is 20.2 Å². The van der Waals surface area contributed by atoms with Crippen molar-refractivity contribution >= 4 is 27.8 Å². The van der Waals surface area contributed by atoms with Crippen molar-refractivity contribution in [2.45, 2.75) is 26.2 Å². The Morgan fingerprint density at radius 3 is 2.70 bits per heavy atom. The summed E-state index contributed by atoms with van der Waals surface area (Å²) >= 11 is 3.32. The van der Waals surface area contributed by atoms with Gasteiger partial charge in [-0.3, -0.25) is 9.59 Å². The largest absolute Gasteiger partial charge is 0.464 e. The molecular weight excluding hydrogens is 322 g/mol. The van der Waals surface area contributed by atoms with Gasteiger partial charge >= 0.3 is 5.97 Å². The van der Waals surface area contributed by atoms with Crippen LogP contribution >= 0.6 is 15.9 Å². The van der Waals surface area contributed by atoms with Crippen molar-refractivity contribution < 1.29 is 14.3 Å². The average Bonchev–Trinajstić information content (AvgIpc) is 2.42. The minimum atomic E-state index is -0.369. The summed E-state index contributed by atoms with van der Waals surface area (Å²) in [6.07, 6.45) is 2.99. The molecule has 0 heterocycles. The normalized spacial score (nSPS) is 10.2. The highest BCUT2D eigenvalue weighted by Crippen LogP contribution is 2.13. The third kappa shape index (κ3) is 5.74. The Kier molecular flexibility index (Phi) is 7.30. The number of hydrogen-bond acceptors (Lipinski definition) is 3. The van der Waals surface area contributed by atoms with E-state index in [4.69, 9.17) is 4.74 Å². The lowest BCUT2D eigenvalue weighted by Crippen LogP contribution is -2.33. The van der Waals surface area contributed by atoms with E-state index in [0.29, 0.717) is 12.2 Å². The van der Waals surface area contributed by atoms with Gasteiger partial charge in [0.1, 0.15) is 6.54 Å². The molecule has 1 rings (SSSR count). The van der Waals surface area contributed by atoms with Crippen molar-refractivity contribution in [1.82, 2.24) is 4.90 Å². The third-order valence-electron chi connectivity index (χ3n) is 2.80. The predicted octanol–water partition coefficient (Wildman–Crippen LogP) is 3.25. The second-order valence-electron chi connectivity index (χ2n) is 4.60. The van der Waals surface area contributed by atoms with Crippen LogP contribution in [0.5, 0.6) is 0 Å². The van der Waals surface area contributed by atoms with Gasteiger partial charge in [0.2, 0.25) is 0 Å². The van der Waals surface area contributed by atoms with Crippen molar-refractivity contribution in [3.63, 3.8) is 0 Å². The molecule has 0 fully saturated rings. The van der Waals surface area contributed by atoms with Crippen LogP contribution in [0.3, 0.4) is 0 Å². The first-order valence-electron chi connectivity index (χ1n) is 6.71. The quantitative estimate of drug-likeness (QED) is 0.564. The number of esters is 1. The van der Waals surface area contributed by atoms with Gasteiger partial charge in [0.15, 0.2) is 0 Å². The van der Waals surface area contributed by atoms with Crippen molar-refractivity contribution in [3.8, 4) is 0 Å². The molecule has 0 N–H and O–H groups in total. The number of rotatable bonds is 7.